The predicted octanol–water partition coefficient (Wildman–Crippen LogP) is 12.9. The molecule has 53 heavy (non-hydrogen) atoms. The lowest BCUT2D eigenvalue weighted by Crippen LogP contribution is -2.00. The molecule has 0 spiro atoms. The van der Waals surface area contributed by atoms with Crippen LogP contribution in [0.1, 0.15) is 0 Å². The van der Waals surface area contributed by atoms with Crippen molar-refractivity contribution in [2.75, 3.05) is 0 Å². The van der Waals surface area contributed by atoms with E-state index in [1.54, 1.807) is 0 Å². The molecule has 2 heterocycles. The summed E-state index contributed by atoms with van der Waals surface area (Å²) in [4.78, 5) is 14.8. The molecule has 0 fully saturated rings. The van der Waals surface area contributed by atoms with Gasteiger partial charge in [0, 0.05) is 38.4 Å². The zero-order valence-electron chi connectivity index (χ0n) is 28.6. The average molecular weight is 678 g/mol. The molecule has 4 nitrogen and oxygen atoms in total. The summed E-state index contributed by atoms with van der Waals surface area (Å²) in [5, 5.41) is 4.57. The molecule has 0 N–H and O–H groups in total. The SMILES string of the molecule is c1ccc(-c2nc(-c3ccccc3)nc(-c3cccc(-c4cccc(-c5cccc(-c6cccc7c6oc6c8ccccc8ccc76)c5)c4)c3)n2)cc1. The predicted molar refractivity (Wildman–Crippen MR) is 217 cm³/mol. The lowest BCUT2D eigenvalue weighted by Gasteiger charge is -2.11. The van der Waals surface area contributed by atoms with E-state index in [2.05, 4.69) is 127 Å². The van der Waals surface area contributed by atoms with Gasteiger partial charge >= 0.3 is 0 Å². The Labute approximate surface area is 306 Å². The molecule has 8 aromatic carbocycles. The van der Waals surface area contributed by atoms with Crippen LogP contribution in [0.15, 0.2) is 192 Å². The Bertz CT molecular complexity index is 2890. The fourth-order valence-corrected chi connectivity index (χ4v) is 7.27. The van der Waals surface area contributed by atoms with Gasteiger partial charge in [-0.25, -0.2) is 15.0 Å². The van der Waals surface area contributed by atoms with Crippen LogP contribution in [0.25, 0.3) is 100 Å². The highest BCUT2D eigenvalue weighted by Crippen LogP contribution is 2.40. The van der Waals surface area contributed by atoms with Crippen molar-refractivity contribution < 1.29 is 4.42 Å². The van der Waals surface area contributed by atoms with Gasteiger partial charge in [-0.15, -0.1) is 0 Å². The van der Waals surface area contributed by atoms with Crippen LogP contribution in [0, 0.1) is 0 Å². The number of fused-ring (bicyclic) bond motifs is 5. The lowest BCUT2D eigenvalue weighted by atomic mass is 9.95. The summed E-state index contributed by atoms with van der Waals surface area (Å²) in [6, 6.07) is 65.2. The van der Waals surface area contributed by atoms with Crippen molar-refractivity contribution in [1.29, 1.82) is 0 Å². The lowest BCUT2D eigenvalue weighted by molar-refractivity contribution is 0.674. The van der Waals surface area contributed by atoms with Crippen LogP contribution in [0.2, 0.25) is 0 Å². The number of para-hydroxylation sites is 1. The number of hydrogen-bond acceptors (Lipinski definition) is 4. The molecular weight excluding hydrogens is 647 g/mol. The van der Waals surface area contributed by atoms with E-state index in [9.17, 15) is 0 Å². The zero-order valence-corrected chi connectivity index (χ0v) is 28.6. The van der Waals surface area contributed by atoms with Gasteiger partial charge in [0.1, 0.15) is 11.2 Å². The maximum absolute atomic E-state index is 6.67. The standard InChI is InChI=1S/C49H31N3O/c1-3-14-33(15-4-1)47-50-48(34-16-5-2-6-17-34)52-49(51-47)40-23-11-21-38(31-40)36-19-9-18-35(29-36)37-20-10-22-39(30-37)42-25-12-26-43-44-28-27-32-13-7-8-24-41(32)45(44)53-46(42)43/h1-31H. The van der Waals surface area contributed by atoms with Gasteiger partial charge in [-0.05, 0) is 57.5 Å². The van der Waals surface area contributed by atoms with Crippen LogP contribution < -0.4 is 0 Å². The van der Waals surface area contributed by atoms with Crippen molar-refractivity contribution in [1.82, 2.24) is 15.0 Å². The molecule has 10 aromatic rings. The summed E-state index contributed by atoms with van der Waals surface area (Å²) in [7, 11) is 0. The Morgan fingerprint density at radius 2 is 0.717 bits per heavy atom. The van der Waals surface area contributed by atoms with Gasteiger partial charge in [-0.3, -0.25) is 0 Å². The largest absolute Gasteiger partial charge is 0.455 e. The third kappa shape index (κ3) is 5.63. The second kappa shape index (κ2) is 12.9. The van der Waals surface area contributed by atoms with Crippen LogP contribution in [0.5, 0.6) is 0 Å². The van der Waals surface area contributed by atoms with E-state index < -0.39 is 0 Å². The fraction of sp³-hybridized carbons (Fsp3) is 0. The second-order valence-electron chi connectivity index (χ2n) is 13.2. The minimum atomic E-state index is 0.635. The third-order valence-electron chi connectivity index (χ3n) is 9.91. The molecule has 0 aliphatic heterocycles. The van der Waals surface area contributed by atoms with Crippen molar-refractivity contribution in [2.24, 2.45) is 0 Å². The maximum Gasteiger partial charge on any atom is 0.164 e. The van der Waals surface area contributed by atoms with Gasteiger partial charge in [-0.1, -0.05) is 164 Å². The molecule has 10 rings (SSSR count). The van der Waals surface area contributed by atoms with Gasteiger partial charge in [0.05, 0.1) is 0 Å². The smallest absolute Gasteiger partial charge is 0.164 e. The molecule has 0 atom stereocenters. The van der Waals surface area contributed by atoms with Crippen LogP contribution in [-0.2, 0) is 0 Å². The Morgan fingerprint density at radius 1 is 0.283 bits per heavy atom. The summed E-state index contributed by atoms with van der Waals surface area (Å²) in [6.45, 7) is 0. The summed E-state index contributed by atoms with van der Waals surface area (Å²) >= 11 is 0. The Balaban J connectivity index is 1.02. The van der Waals surface area contributed by atoms with Crippen molar-refractivity contribution >= 4 is 32.7 Å². The van der Waals surface area contributed by atoms with Gasteiger partial charge in [0.2, 0.25) is 0 Å². The Hall–Kier alpha value is -7.17. The summed E-state index contributed by atoms with van der Waals surface area (Å²) < 4.78 is 6.67. The van der Waals surface area contributed by atoms with E-state index in [0.29, 0.717) is 17.5 Å². The molecule has 0 unspecified atom stereocenters. The highest BCUT2D eigenvalue weighted by Gasteiger charge is 2.16. The molecule has 0 aliphatic carbocycles. The highest BCUT2D eigenvalue weighted by molar-refractivity contribution is 6.17. The van der Waals surface area contributed by atoms with Gasteiger partial charge in [-0.2, -0.15) is 0 Å². The van der Waals surface area contributed by atoms with Gasteiger partial charge in [0.25, 0.3) is 0 Å². The van der Waals surface area contributed by atoms with E-state index >= 15 is 0 Å². The Morgan fingerprint density at radius 3 is 1.36 bits per heavy atom. The molecule has 0 saturated heterocycles. The fourth-order valence-electron chi connectivity index (χ4n) is 7.27. The number of nitrogens with zero attached hydrogens (tertiary/aromatic N) is 3. The number of furan rings is 1. The summed E-state index contributed by atoms with van der Waals surface area (Å²) in [5.74, 6) is 1.93. The molecule has 0 bridgehead atoms. The van der Waals surface area contributed by atoms with E-state index in [1.165, 1.54) is 5.39 Å². The summed E-state index contributed by atoms with van der Waals surface area (Å²) in [6.07, 6.45) is 0. The van der Waals surface area contributed by atoms with Gasteiger partial charge < -0.3 is 4.42 Å². The van der Waals surface area contributed by atoms with E-state index in [4.69, 9.17) is 19.4 Å². The third-order valence-corrected chi connectivity index (χ3v) is 9.91. The molecule has 0 aliphatic rings. The normalized spacial score (nSPS) is 11.4. The molecule has 0 radical (unpaired) electrons. The quantitative estimate of drug-likeness (QED) is 0.176. The monoisotopic (exact) mass is 677 g/mol. The minimum Gasteiger partial charge on any atom is -0.455 e. The highest BCUT2D eigenvalue weighted by atomic mass is 16.3. The topological polar surface area (TPSA) is 51.8 Å². The molecule has 2 aromatic heterocycles. The first kappa shape index (κ1) is 30.6. The minimum absolute atomic E-state index is 0.635. The van der Waals surface area contributed by atoms with Crippen molar-refractivity contribution in [2.45, 2.75) is 0 Å². The number of hydrogen-bond donors (Lipinski definition) is 0. The molecule has 0 saturated carbocycles. The van der Waals surface area contributed by atoms with Crippen molar-refractivity contribution in [3.8, 4) is 67.5 Å². The molecular formula is C49H31N3O. The van der Waals surface area contributed by atoms with E-state index in [1.807, 2.05) is 60.7 Å². The van der Waals surface area contributed by atoms with Crippen LogP contribution in [0.4, 0.5) is 0 Å². The molecule has 248 valence electrons. The first-order valence-electron chi connectivity index (χ1n) is 17.8. The number of benzene rings is 8. The Kier molecular flexibility index (Phi) is 7.43. The summed E-state index contributed by atoms with van der Waals surface area (Å²) in [5.41, 5.74) is 11.3. The first-order chi connectivity index (χ1) is 26.2. The number of rotatable bonds is 6. The van der Waals surface area contributed by atoms with Crippen molar-refractivity contribution in [3.63, 3.8) is 0 Å². The van der Waals surface area contributed by atoms with Gasteiger partial charge in [0.15, 0.2) is 17.5 Å². The second-order valence-corrected chi connectivity index (χ2v) is 13.2. The van der Waals surface area contributed by atoms with Crippen LogP contribution >= 0.6 is 0 Å². The molecule has 0 amide bonds. The first-order valence-corrected chi connectivity index (χ1v) is 17.8. The average Bonchev–Trinajstić information content (AvgIpc) is 3.64. The zero-order chi connectivity index (χ0) is 35.1. The maximum atomic E-state index is 6.67. The van der Waals surface area contributed by atoms with E-state index in [0.717, 1.165) is 77.4 Å². The van der Waals surface area contributed by atoms with Crippen LogP contribution in [0.3, 0.4) is 0 Å². The van der Waals surface area contributed by atoms with Crippen molar-refractivity contribution in [3.05, 3.63) is 188 Å². The van der Waals surface area contributed by atoms with E-state index in [-0.39, 0.29) is 0 Å². The number of aromatic nitrogens is 3. The van der Waals surface area contributed by atoms with Crippen LogP contribution in [-0.4, -0.2) is 15.0 Å². The molecule has 4 heteroatoms.